The van der Waals surface area contributed by atoms with Crippen molar-refractivity contribution in [3.05, 3.63) is 59.4 Å². The van der Waals surface area contributed by atoms with Gasteiger partial charge in [0, 0.05) is 0 Å². The second kappa shape index (κ2) is 6.45. The number of cyclic esters (lactones) is 1. The summed E-state index contributed by atoms with van der Waals surface area (Å²) in [6.07, 6.45) is -2.10. The van der Waals surface area contributed by atoms with E-state index in [1.54, 1.807) is 19.1 Å². The Morgan fingerprint density at radius 2 is 1.96 bits per heavy atom. The van der Waals surface area contributed by atoms with E-state index >= 15 is 0 Å². The van der Waals surface area contributed by atoms with Gasteiger partial charge in [0.2, 0.25) is 6.29 Å². The van der Waals surface area contributed by atoms with E-state index in [0.717, 1.165) is 16.5 Å². The maximum atomic E-state index is 13.3. The van der Waals surface area contributed by atoms with Gasteiger partial charge in [0.05, 0.1) is 17.1 Å². The number of carbonyl (C=O) groups excluding carboxylic acids is 1. The molecule has 1 unspecified atom stereocenters. The van der Waals surface area contributed by atoms with Crippen molar-refractivity contribution >= 4 is 21.9 Å². The predicted molar refractivity (Wildman–Crippen MR) is 88.2 cm³/mol. The molecule has 132 valence electrons. The largest absolute Gasteiger partial charge is 0.416 e. The van der Waals surface area contributed by atoms with Gasteiger partial charge in [0.15, 0.2) is 0 Å². The summed E-state index contributed by atoms with van der Waals surface area (Å²) < 4.78 is 48.2. The average molecular weight is 365 g/mol. The standard InChI is InChI=1S/C17H16FNO5S/c1-11-6-7-15(12(2)8-11)25(21,22)24-16-10-19(17(20)23-16)14-5-3-4-13(18)9-14/h3-9,16H,10H2,1-2H3. The van der Waals surface area contributed by atoms with Crippen LogP contribution in [0.3, 0.4) is 0 Å². The number of rotatable bonds is 4. The number of hydrogen-bond acceptors (Lipinski definition) is 5. The third-order valence-corrected chi connectivity index (χ3v) is 5.20. The Kier molecular flexibility index (Phi) is 4.49. The van der Waals surface area contributed by atoms with Crippen LogP contribution in [-0.4, -0.2) is 27.3 Å². The molecule has 1 aliphatic rings. The third-order valence-electron chi connectivity index (χ3n) is 3.74. The highest BCUT2D eigenvalue weighted by molar-refractivity contribution is 7.86. The van der Waals surface area contributed by atoms with E-state index < -0.39 is 28.3 Å². The van der Waals surface area contributed by atoms with E-state index in [-0.39, 0.29) is 17.1 Å². The zero-order valence-electron chi connectivity index (χ0n) is 13.6. The van der Waals surface area contributed by atoms with Crippen LogP contribution in [0.15, 0.2) is 47.4 Å². The van der Waals surface area contributed by atoms with E-state index in [1.807, 2.05) is 6.92 Å². The molecule has 0 radical (unpaired) electrons. The van der Waals surface area contributed by atoms with Crippen molar-refractivity contribution in [3.63, 3.8) is 0 Å². The Bertz CT molecular complexity index is 928. The Hall–Kier alpha value is -2.45. The Balaban J connectivity index is 1.79. The van der Waals surface area contributed by atoms with Gasteiger partial charge in [0.25, 0.3) is 0 Å². The molecule has 1 heterocycles. The molecule has 2 aromatic carbocycles. The molecule has 8 heteroatoms. The monoisotopic (exact) mass is 365 g/mol. The normalized spacial score (nSPS) is 17.6. The molecule has 0 aliphatic carbocycles. The molecule has 1 atom stereocenters. The lowest BCUT2D eigenvalue weighted by Crippen LogP contribution is -2.26. The van der Waals surface area contributed by atoms with Crippen LogP contribution in [0.2, 0.25) is 0 Å². The number of nitrogens with zero attached hydrogens (tertiary/aromatic N) is 1. The molecular formula is C17H16FNO5S. The van der Waals surface area contributed by atoms with E-state index in [9.17, 15) is 17.6 Å². The van der Waals surface area contributed by atoms with Gasteiger partial charge in [-0.25, -0.2) is 13.4 Å². The zero-order valence-corrected chi connectivity index (χ0v) is 14.4. The molecule has 0 aromatic heterocycles. The summed E-state index contributed by atoms with van der Waals surface area (Å²) in [5, 5.41) is 0. The van der Waals surface area contributed by atoms with Crippen molar-refractivity contribution in [1.82, 2.24) is 0 Å². The van der Waals surface area contributed by atoms with E-state index in [1.165, 1.54) is 24.3 Å². The van der Waals surface area contributed by atoms with Crippen molar-refractivity contribution in [2.24, 2.45) is 0 Å². The molecule has 6 nitrogen and oxygen atoms in total. The van der Waals surface area contributed by atoms with E-state index in [4.69, 9.17) is 8.92 Å². The number of ether oxygens (including phenoxy) is 1. The van der Waals surface area contributed by atoms with Gasteiger partial charge in [-0.1, -0.05) is 23.8 Å². The summed E-state index contributed by atoms with van der Waals surface area (Å²) in [6.45, 7) is 3.34. The first-order valence-corrected chi connectivity index (χ1v) is 8.91. The average Bonchev–Trinajstić information content (AvgIpc) is 2.86. The van der Waals surface area contributed by atoms with E-state index in [2.05, 4.69) is 0 Å². The fourth-order valence-corrected chi connectivity index (χ4v) is 3.79. The number of aryl methyl sites for hydroxylation is 2. The third kappa shape index (κ3) is 3.64. The molecule has 0 saturated carbocycles. The van der Waals surface area contributed by atoms with Gasteiger partial charge in [-0.2, -0.15) is 8.42 Å². The van der Waals surface area contributed by atoms with Crippen molar-refractivity contribution in [2.75, 3.05) is 11.4 Å². The summed E-state index contributed by atoms with van der Waals surface area (Å²) in [7, 11) is -4.11. The lowest BCUT2D eigenvalue weighted by Gasteiger charge is -2.13. The molecular weight excluding hydrogens is 349 g/mol. The molecule has 0 bridgehead atoms. The minimum absolute atomic E-state index is 0.0124. The molecule has 1 saturated heterocycles. The summed E-state index contributed by atoms with van der Waals surface area (Å²) in [5.41, 5.74) is 1.72. The summed E-state index contributed by atoms with van der Waals surface area (Å²) in [6, 6.07) is 10.2. The van der Waals surface area contributed by atoms with Gasteiger partial charge < -0.3 is 4.74 Å². The highest BCUT2D eigenvalue weighted by Gasteiger charge is 2.37. The van der Waals surface area contributed by atoms with E-state index in [0.29, 0.717) is 5.56 Å². The number of benzene rings is 2. The fourth-order valence-electron chi connectivity index (χ4n) is 2.61. The van der Waals surface area contributed by atoms with Crippen LogP contribution in [0.4, 0.5) is 14.9 Å². The lowest BCUT2D eigenvalue weighted by molar-refractivity contribution is 0.0107. The van der Waals surface area contributed by atoms with Crippen LogP contribution in [0, 0.1) is 19.7 Å². The molecule has 1 amide bonds. The number of hydrogen-bond donors (Lipinski definition) is 0. The first kappa shape index (κ1) is 17.4. The van der Waals surface area contributed by atoms with Crippen LogP contribution < -0.4 is 4.90 Å². The molecule has 1 fully saturated rings. The molecule has 1 aliphatic heterocycles. The van der Waals surface area contributed by atoms with Crippen molar-refractivity contribution in [1.29, 1.82) is 0 Å². The van der Waals surface area contributed by atoms with Crippen LogP contribution in [-0.2, 0) is 19.0 Å². The topological polar surface area (TPSA) is 72.9 Å². The van der Waals surface area contributed by atoms with Gasteiger partial charge >= 0.3 is 16.2 Å². The maximum absolute atomic E-state index is 13.3. The second-order valence-electron chi connectivity index (χ2n) is 5.72. The summed E-state index contributed by atoms with van der Waals surface area (Å²) in [4.78, 5) is 13.1. The van der Waals surface area contributed by atoms with Crippen LogP contribution in [0.5, 0.6) is 0 Å². The van der Waals surface area contributed by atoms with Gasteiger partial charge in [-0.3, -0.25) is 4.90 Å². The van der Waals surface area contributed by atoms with Crippen LogP contribution >= 0.6 is 0 Å². The molecule has 25 heavy (non-hydrogen) atoms. The minimum atomic E-state index is -4.11. The highest BCUT2D eigenvalue weighted by Crippen LogP contribution is 2.26. The molecule has 2 aromatic rings. The first-order chi connectivity index (χ1) is 11.8. The SMILES string of the molecule is Cc1ccc(S(=O)(=O)OC2CN(c3cccc(F)c3)C(=O)O2)c(C)c1. The Morgan fingerprint density at radius 3 is 2.64 bits per heavy atom. The zero-order chi connectivity index (χ0) is 18.2. The van der Waals surface area contributed by atoms with Crippen LogP contribution in [0.25, 0.3) is 0 Å². The maximum Gasteiger partial charge on any atom is 0.416 e. The Morgan fingerprint density at radius 1 is 1.20 bits per heavy atom. The summed E-state index contributed by atoms with van der Waals surface area (Å²) >= 11 is 0. The quantitative estimate of drug-likeness (QED) is 0.779. The smallest absolute Gasteiger partial charge is 0.416 e. The number of anilines is 1. The highest BCUT2D eigenvalue weighted by atomic mass is 32.2. The van der Waals surface area contributed by atoms with Gasteiger partial charge in [-0.15, -0.1) is 0 Å². The van der Waals surface area contributed by atoms with Gasteiger partial charge in [-0.05, 0) is 43.7 Å². The first-order valence-electron chi connectivity index (χ1n) is 7.50. The van der Waals surface area contributed by atoms with Crippen molar-refractivity contribution < 1.29 is 26.5 Å². The number of halogens is 1. The Labute approximate surface area is 144 Å². The number of amides is 1. The summed E-state index contributed by atoms with van der Waals surface area (Å²) in [5.74, 6) is -0.516. The predicted octanol–water partition coefficient (Wildman–Crippen LogP) is 3.13. The minimum Gasteiger partial charge on any atom is -0.416 e. The molecule has 0 N–H and O–H groups in total. The molecule has 0 spiro atoms. The van der Waals surface area contributed by atoms with Crippen molar-refractivity contribution in [3.8, 4) is 0 Å². The lowest BCUT2D eigenvalue weighted by atomic mass is 10.2. The molecule has 3 rings (SSSR count). The van der Waals surface area contributed by atoms with Crippen molar-refractivity contribution in [2.45, 2.75) is 25.0 Å². The number of carbonyl (C=O) groups is 1. The van der Waals surface area contributed by atoms with Crippen LogP contribution in [0.1, 0.15) is 11.1 Å². The fraction of sp³-hybridized carbons (Fsp3) is 0.235. The second-order valence-corrected chi connectivity index (χ2v) is 7.26. The van der Waals surface area contributed by atoms with Gasteiger partial charge in [0.1, 0.15) is 5.82 Å².